The second-order valence-electron chi connectivity index (χ2n) is 6.70. The van der Waals surface area contributed by atoms with Crippen molar-refractivity contribution in [1.82, 2.24) is 0 Å². The summed E-state index contributed by atoms with van der Waals surface area (Å²) in [4.78, 5) is 12.6. The molecule has 0 spiro atoms. The number of para-hydroxylation sites is 1. The molecule has 0 aliphatic carbocycles. The van der Waals surface area contributed by atoms with Crippen LogP contribution >= 0.6 is 0 Å². The smallest absolute Gasteiger partial charge is 0.395 e. The highest BCUT2D eigenvalue weighted by Crippen LogP contribution is 2.39. The summed E-state index contributed by atoms with van der Waals surface area (Å²) >= 11 is 0. The number of aryl methyl sites for hydroxylation is 2. The van der Waals surface area contributed by atoms with E-state index in [0.717, 1.165) is 34.4 Å². The molecular formula is C25H22O3. The average Bonchev–Trinajstić information content (AvgIpc) is 2.73. The molecule has 0 saturated carbocycles. The third-order valence-electron chi connectivity index (χ3n) is 5.05. The molecule has 4 rings (SSSR count). The molecule has 0 aliphatic rings. The number of fused-ring (bicyclic) bond motifs is 2. The van der Waals surface area contributed by atoms with Gasteiger partial charge in [0, 0.05) is 10.8 Å². The van der Waals surface area contributed by atoms with Crippen molar-refractivity contribution < 1.29 is 14.3 Å². The Morgan fingerprint density at radius 1 is 0.786 bits per heavy atom. The summed E-state index contributed by atoms with van der Waals surface area (Å²) in [5.41, 5.74) is 2.49. The predicted molar refractivity (Wildman–Crippen MR) is 113 cm³/mol. The van der Waals surface area contributed by atoms with Crippen molar-refractivity contribution in [2.24, 2.45) is 0 Å². The lowest BCUT2D eigenvalue weighted by molar-refractivity contribution is 0.153. The van der Waals surface area contributed by atoms with Crippen LogP contribution in [0.3, 0.4) is 0 Å². The largest absolute Gasteiger partial charge is 0.519 e. The maximum Gasteiger partial charge on any atom is 0.519 e. The van der Waals surface area contributed by atoms with Crippen molar-refractivity contribution in [1.29, 1.82) is 0 Å². The maximum atomic E-state index is 12.6. The van der Waals surface area contributed by atoms with Crippen LogP contribution in [0.4, 0.5) is 4.79 Å². The molecular weight excluding hydrogens is 348 g/mol. The fourth-order valence-corrected chi connectivity index (χ4v) is 3.76. The first-order chi connectivity index (χ1) is 13.7. The second-order valence-corrected chi connectivity index (χ2v) is 6.70. The van der Waals surface area contributed by atoms with E-state index in [1.807, 2.05) is 42.5 Å². The molecule has 4 aromatic rings. The summed E-state index contributed by atoms with van der Waals surface area (Å²) < 4.78 is 11.2. The van der Waals surface area contributed by atoms with E-state index in [-0.39, 0.29) is 0 Å². The Morgan fingerprint density at radius 2 is 1.54 bits per heavy atom. The highest BCUT2D eigenvalue weighted by molar-refractivity contribution is 6.08. The summed E-state index contributed by atoms with van der Waals surface area (Å²) in [5, 5.41) is 3.99. The average molecular weight is 370 g/mol. The van der Waals surface area contributed by atoms with Gasteiger partial charge in [0.25, 0.3) is 0 Å². The van der Waals surface area contributed by atoms with E-state index in [4.69, 9.17) is 9.47 Å². The Labute approximate surface area is 164 Å². The van der Waals surface area contributed by atoms with Crippen LogP contribution in [0.1, 0.15) is 25.0 Å². The van der Waals surface area contributed by atoms with Crippen molar-refractivity contribution in [3.05, 3.63) is 83.9 Å². The van der Waals surface area contributed by atoms with Gasteiger partial charge in [-0.25, -0.2) is 4.79 Å². The molecule has 0 unspecified atom stereocenters. The van der Waals surface area contributed by atoms with Gasteiger partial charge < -0.3 is 9.47 Å². The molecule has 0 aliphatic heterocycles. The Kier molecular flexibility index (Phi) is 4.98. The Balaban J connectivity index is 1.89. The molecule has 0 amide bonds. The van der Waals surface area contributed by atoms with Crippen LogP contribution < -0.4 is 9.47 Å². The van der Waals surface area contributed by atoms with Crippen molar-refractivity contribution in [2.45, 2.75) is 26.7 Å². The zero-order valence-electron chi connectivity index (χ0n) is 16.1. The monoisotopic (exact) mass is 370 g/mol. The molecule has 3 nitrogen and oxygen atoms in total. The highest BCUT2D eigenvalue weighted by atomic mass is 16.7. The Bertz CT molecular complexity index is 1150. The molecule has 0 atom stereocenters. The number of benzene rings is 4. The van der Waals surface area contributed by atoms with Gasteiger partial charge in [-0.15, -0.1) is 0 Å². The number of rotatable bonds is 4. The molecule has 0 radical (unpaired) electrons. The maximum absolute atomic E-state index is 12.6. The predicted octanol–water partition coefficient (Wildman–Crippen LogP) is 6.70. The van der Waals surface area contributed by atoms with E-state index in [9.17, 15) is 4.79 Å². The van der Waals surface area contributed by atoms with Crippen molar-refractivity contribution in [3.8, 4) is 11.5 Å². The second kappa shape index (κ2) is 7.73. The summed E-state index contributed by atoms with van der Waals surface area (Å²) in [6.07, 6.45) is 1.07. The van der Waals surface area contributed by atoms with Crippen molar-refractivity contribution >= 4 is 27.7 Å². The molecule has 0 heterocycles. The Morgan fingerprint density at radius 3 is 2.29 bits per heavy atom. The third kappa shape index (κ3) is 3.31. The molecule has 0 aromatic heterocycles. The van der Waals surface area contributed by atoms with Crippen LogP contribution in [-0.4, -0.2) is 6.16 Å². The van der Waals surface area contributed by atoms with Crippen LogP contribution in [-0.2, 0) is 12.8 Å². The van der Waals surface area contributed by atoms with Gasteiger partial charge in [0.05, 0.1) is 0 Å². The fraction of sp³-hybridized carbons (Fsp3) is 0.160. The minimum absolute atomic E-state index is 0.460. The normalized spacial score (nSPS) is 10.9. The molecule has 0 saturated heterocycles. The molecule has 140 valence electrons. The lowest BCUT2D eigenvalue weighted by Gasteiger charge is -2.16. The molecule has 3 heteroatoms. The number of carbonyl (C=O) groups is 1. The zero-order valence-corrected chi connectivity index (χ0v) is 16.1. The number of hydrogen-bond donors (Lipinski definition) is 0. The Hall–Kier alpha value is -3.33. The fourth-order valence-electron chi connectivity index (χ4n) is 3.76. The number of carbonyl (C=O) groups excluding carboxylic acids is 1. The molecule has 0 fully saturated rings. The van der Waals surface area contributed by atoms with Crippen molar-refractivity contribution in [2.75, 3.05) is 0 Å². The van der Waals surface area contributed by atoms with Crippen LogP contribution in [0, 0.1) is 0 Å². The lowest BCUT2D eigenvalue weighted by Crippen LogP contribution is -2.14. The first-order valence-electron chi connectivity index (χ1n) is 9.62. The van der Waals surface area contributed by atoms with Gasteiger partial charge in [-0.1, -0.05) is 68.4 Å². The summed E-state index contributed by atoms with van der Waals surface area (Å²) in [7, 11) is 0. The molecule has 28 heavy (non-hydrogen) atoms. The summed E-state index contributed by atoms with van der Waals surface area (Å²) in [6, 6.07) is 23.4. The van der Waals surface area contributed by atoms with E-state index >= 15 is 0 Å². The van der Waals surface area contributed by atoms with Gasteiger partial charge in [-0.05, 0) is 52.9 Å². The van der Waals surface area contributed by atoms with E-state index < -0.39 is 6.16 Å². The van der Waals surface area contributed by atoms with Gasteiger partial charge in [0.15, 0.2) is 0 Å². The van der Waals surface area contributed by atoms with Crippen LogP contribution in [0.5, 0.6) is 11.5 Å². The third-order valence-corrected chi connectivity index (χ3v) is 5.05. The molecule has 4 aromatic carbocycles. The van der Waals surface area contributed by atoms with E-state index in [1.54, 1.807) is 12.1 Å². The molecule has 0 N–H and O–H groups in total. The van der Waals surface area contributed by atoms with Gasteiger partial charge >= 0.3 is 6.16 Å². The van der Waals surface area contributed by atoms with Gasteiger partial charge in [0.2, 0.25) is 0 Å². The molecule has 0 bridgehead atoms. The van der Waals surface area contributed by atoms with Crippen molar-refractivity contribution in [3.63, 3.8) is 0 Å². The van der Waals surface area contributed by atoms with Gasteiger partial charge in [-0.3, -0.25) is 0 Å². The lowest BCUT2D eigenvalue weighted by atomic mass is 9.92. The van der Waals surface area contributed by atoms with E-state index in [2.05, 4.69) is 32.0 Å². The topological polar surface area (TPSA) is 35.5 Å². The van der Waals surface area contributed by atoms with Gasteiger partial charge in [0.1, 0.15) is 11.5 Å². The van der Waals surface area contributed by atoms with E-state index in [0.29, 0.717) is 11.5 Å². The minimum Gasteiger partial charge on any atom is -0.395 e. The summed E-state index contributed by atoms with van der Waals surface area (Å²) in [6.45, 7) is 4.28. The van der Waals surface area contributed by atoms with E-state index in [1.165, 1.54) is 11.1 Å². The standard InChI is InChI=1S/C25H22O3/c1-3-17-14-15-19-16-18-10-8-9-13-22(18)24(23(19)21(17)4-2)28-25(26)27-20-11-6-5-7-12-20/h5-16H,3-4H2,1-2H3. The highest BCUT2D eigenvalue weighted by Gasteiger charge is 2.18. The van der Waals surface area contributed by atoms with Gasteiger partial charge in [-0.2, -0.15) is 0 Å². The summed E-state index contributed by atoms with van der Waals surface area (Å²) in [5.74, 6) is 1.03. The minimum atomic E-state index is -0.729. The quantitative estimate of drug-likeness (QED) is 0.228. The zero-order chi connectivity index (χ0) is 19.5. The SMILES string of the molecule is CCc1ccc2cc3ccccc3c(OC(=O)Oc3ccccc3)c2c1CC. The van der Waals surface area contributed by atoms with Crippen LogP contribution in [0.15, 0.2) is 72.8 Å². The van der Waals surface area contributed by atoms with Crippen LogP contribution in [0.2, 0.25) is 0 Å². The number of ether oxygens (including phenoxy) is 2. The number of hydrogen-bond acceptors (Lipinski definition) is 3. The first kappa shape index (κ1) is 18.1. The first-order valence-corrected chi connectivity index (χ1v) is 9.62. The van der Waals surface area contributed by atoms with Crippen LogP contribution in [0.25, 0.3) is 21.5 Å².